The van der Waals surface area contributed by atoms with Crippen molar-refractivity contribution >= 4 is 29.2 Å². The molecule has 4 aromatic rings. The summed E-state index contributed by atoms with van der Waals surface area (Å²) in [5.74, 6) is 0.562. The molecule has 0 saturated carbocycles. The van der Waals surface area contributed by atoms with Crippen LogP contribution >= 0.6 is 0 Å². The van der Waals surface area contributed by atoms with Gasteiger partial charge in [0.1, 0.15) is 12.4 Å². The average Bonchev–Trinajstić information content (AvgIpc) is 3.22. The van der Waals surface area contributed by atoms with E-state index in [-0.39, 0.29) is 0 Å². The SMILES string of the molecule is CC1(C)COc2cc(-n3cccn3)c(-c3ccc4c(N)cnnc4c3)cc2B(O)O1. The van der Waals surface area contributed by atoms with Crippen LogP contribution in [0, 0.1) is 0 Å². The molecular weight excluding hydrogens is 381 g/mol. The molecule has 5 rings (SSSR count). The maximum Gasteiger partial charge on any atom is 0.495 e. The van der Waals surface area contributed by atoms with Crippen LogP contribution in [0.3, 0.4) is 0 Å². The van der Waals surface area contributed by atoms with Gasteiger partial charge in [-0.25, -0.2) is 4.68 Å². The van der Waals surface area contributed by atoms with Gasteiger partial charge in [-0.15, -0.1) is 0 Å². The topological polar surface area (TPSA) is 108 Å². The van der Waals surface area contributed by atoms with Crippen molar-refractivity contribution in [3.05, 3.63) is 55.0 Å². The molecule has 3 heterocycles. The minimum absolute atomic E-state index is 0.319. The Labute approximate surface area is 173 Å². The molecule has 1 aliphatic rings. The first-order valence-corrected chi connectivity index (χ1v) is 9.59. The van der Waals surface area contributed by atoms with Crippen molar-refractivity contribution < 1.29 is 14.4 Å². The van der Waals surface area contributed by atoms with Crippen molar-refractivity contribution in [2.45, 2.75) is 19.4 Å². The Morgan fingerprint density at radius 2 is 2.10 bits per heavy atom. The van der Waals surface area contributed by atoms with Crippen LogP contribution in [-0.2, 0) is 4.65 Å². The molecule has 0 bridgehead atoms. The van der Waals surface area contributed by atoms with Crippen LogP contribution in [-0.4, -0.2) is 44.3 Å². The fourth-order valence-corrected chi connectivity index (χ4v) is 3.64. The first-order valence-electron chi connectivity index (χ1n) is 9.59. The summed E-state index contributed by atoms with van der Waals surface area (Å²) in [6, 6.07) is 11.4. The maximum atomic E-state index is 10.7. The van der Waals surface area contributed by atoms with Crippen molar-refractivity contribution in [1.82, 2.24) is 20.0 Å². The number of fused-ring (bicyclic) bond motifs is 2. The van der Waals surface area contributed by atoms with E-state index >= 15 is 0 Å². The number of nitrogens with two attached hydrogens (primary N) is 1. The normalized spacial score (nSPS) is 15.5. The van der Waals surface area contributed by atoms with E-state index in [9.17, 15) is 5.02 Å². The van der Waals surface area contributed by atoms with Crippen LogP contribution < -0.4 is 15.9 Å². The molecule has 9 heteroatoms. The lowest BCUT2D eigenvalue weighted by Crippen LogP contribution is -2.41. The van der Waals surface area contributed by atoms with Crippen molar-refractivity contribution in [3.63, 3.8) is 0 Å². The standard InChI is InChI=1S/C21H20BN5O3/c1-21(2)12-29-20-10-19(27-7-3-6-25-27)15(9-16(20)22(28)30-21)13-4-5-14-17(23)11-24-26-18(14)8-13/h3-11,28H,12H2,1-2H3,(H2,23,26). The molecule has 150 valence electrons. The molecule has 0 saturated heterocycles. The average molecular weight is 401 g/mol. The zero-order chi connectivity index (χ0) is 20.9. The number of nitrogens with zero attached hydrogens (tertiary/aromatic N) is 4. The number of anilines is 1. The minimum Gasteiger partial charge on any atom is -0.491 e. The van der Waals surface area contributed by atoms with Crippen LogP contribution in [0.4, 0.5) is 5.69 Å². The number of benzene rings is 2. The van der Waals surface area contributed by atoms with E-state index < -0.39 is 12.7 Å². The van der Waals surface area contributed by atoms with E-state index in [0.29, 0.717) is 29.0 Å². The number of aromatic nitrogens is 4. The second kappa shape index (κ2) is 6.82. The monoisotopic (exact) mass is 401 g/mol. The molecule has 2 aromatic carbocycles. The third kappa shape index (κ3) is 3.18. The van der Waals surface area contributed by atoms with Crippen molar-refractivity contribution in [2.24, 2.45) is 0 Å². The first kappa shape index (κ1) is 18.6. The lowest BCUT2D eigenvalue weighted by atomic mass is 9.76. The van der Waals surface area contributed by atoms with Gasteiger partial charge in [-0.2, -0.15) is 15.3 Å². The van der Waals surface area contributed by atoms with Crippen molar-refractivity contribution in [1.29, 1.82) is 0 Å². The lowest BCUT2D eigenvalue weighted by molar-refractivity contribution is 0.0444. The zero-order valence-electron chi connectivity index (χ0n) is 16.6. The van der Waals surface area contributed by atoms with Gasteiger partial charge < -0.3 is 20.1 Å². The number of ether oxygens (including phenoxy) is 1. The Morgan fingerprint density at radius 3 is 2.90 bits per heavy atom. The predicted molar refractivity (Wildman–Crippen MR) is 115 cm³/mol. The molecule has 1 aliphatic heterocycles. The molecule has 0 radical (unpaired) electrons. The highest BCUT2D eigenvalue weighted by Gasteiger charge is 2.35. The van der Waals surface area contributed by atoms with Gasteiger partial charge in [-0.05, 0) is 43.7 Å². The number of rotatable bonds is 2. The summed E-state index contributed by atoms with van der Waals surface area (Å²) >= 11 is 0. The summed E-state index contributed by atoms with van der Waals surface area (Å²) in [4.78, 5) is 0. The highest BCUT2D eigenvalue weighted by molar-refractivity contribution is 6.61. The summed E-state index contributed by atoms with van der Waals surface area (Å²) in [6.45, 7) is 4.08. The van der Waals surface area contributed by atoms with E-state index in [1.807, 2.05) is 56.4 Å². The summed E-state index contributed by atoms with van der Waals surface area (Å²) < 4.78 is 13.5. The second-order valence-corrected chi connectivity index (χ2v) is 7.91. The van der Waals surface area contributed by atoms with Gasteiger partial charge in [0.15, 0.2) is 0 Å². The lowest BCUT2D eigenvalue weighted by Gasteiger charge is -2.23. The third-order valence-corrected chi connectivity index (χ3v) is 5.13. The first-order chi connectivity index (χ1) is 14.4. The van der Waals surface area contributed by atoms with Crippen LogP contribution in [0.1, 0.15) is 13.8 Å². The molecule has 30 heavy (non-hydrogen) atoms. The van der Waals surface area contributed by atoms with Gasteiger partial charge in [0.2, 0.25) is 0 Å². The highest BCUT2D eigenvalue weighted by Crippen LogP contribution is 2.33. The van der Waals surface area contributed by atoms with E-state index in [1.165, 1.54) is 6.20 Å². The summed E-state index contributed by atoms with van der Waals surface area (Å²) in [7, 11) is -1.11. The molecule has 0 fully saturated rings. The molecule has 8 nitrogen and oxygen atoms in total. The van der Waals surface area contributed by atoms with Gasteiger partial charge in [-0.3, -0.25) is 0 Å². The van der Waals surface area contributed by atoms with E-state index in [0.717, 1.165) is 22.2 Å². The molecule has 0 unspecified atom stereocenters. The molecule has 2 aromatic heterocycles. The largest absolute Gasteiger partial charge is 0.495 e. The highest BCUT2D eigenvalue weighted by atomic mass is 16.6. The smallest absolute Gasteiger partial charge is 0.491 e. The number of nitrogen functional groups attached to an aromatic ring is 1. The zero-order valence-corrected chi connectivity index (χ0v) is 16.6. The van der Waals surface area contributed by atoms with Gasteiger partial charge >= 0.3 is 7.12 Å². The fraction of sp³-hybridized carbons (Fsp3) is 0.190. The molecule has 0 atom stereocenters. The number of hydrogen-bond acceptors (Lipinski definition) is 7. The Hall–Kier alpha value is -3.43. The van der Waals surface area contributed by atoms with Crippen LogP contribution in [0.15, 0.2) is 55.0 Å². The van der Waals surface area contributed by atoms with E-state index in [2.05, 4.69) is 15.3 Å². The van der Waals surface area contributed by atoms with Crippen molar-refractivity contribution in [2.75, 3.05) is 12.3 Å². The predicted octanol–water partition coefficient (Wildman–Crippen LogP) is 1.94. The van der Waals surface area contributed by atoms with Crippen LogP contribution in [0.25, 0.3) is 27.7 Å². The summed E-state index contributed by atoms with van der Waals surface area (Å²) in [5.41, 5.74) is 9.74. The van der Waals surface area contributed by atoms with Gasteiger partial charge in [0.25, 0.3) is 0 Å². The molecule has 0 spiro atoms. The van der Waals surface area contributed by atoms with Crippen LogP contribution in [0.5, 0.6) is 5.75 Å². The Morgan fingerprint density at radius 1 is 1.23 bits per heavy atom. The van der Waals surface area contributed by atoms with Gasteiger partial charge in [-0.1, -0.05) is 6.07 Å². The Kier molecular flexibility index (Phi) is 4.23. The number of hydrogen-bond donors (Lipinski definition) is 2. The van der Waals surface area contributed by atoms with Gasteiger partial charge in [0.05, 0.1) is 28.7 Å². The van der Waals surface area contributed by atoms with E-state index in [4.69, 9.17) is 15.1 Å². The Bertz CT molecular complexity index is 1240. The molecule has 0 amide bonds. The molecule has 0 aliphatic carbocycles. The van der Waals surface area contributed by atoms with Crippen molar-refractivity contribution in [3.8, 4) is 22.6 Å². The summed E-state index contributed by atoms with van der Waals surface area (Å²) in [6.07, 6.45) is 5.11. The fourth-order valence-electron chi connectivity index (χ4n) is 3.64. The molecule has 3 N–H and O–H groups in total. The maximum absolute atomic E-state index is 10.7. The third-order valence-electron chi connectivity index (χ3n) is 5.13. The second-order valence-electron chi connectivity index (χ2n) is 7.91. The molecular formula is C21H20BN5O3. The van der Waals surface area contributed by atoms with Gasteiger partial charge in [0, 0.05) is 34.9 Å². The quantitative estimate of drug-likeness (QED) is 0.494. The minimum atomic E-state index is -1.11. The summed E-state index contributed by atoms with van der Waals surface area (Å²) in [5, 5.41) is 24.1. The van der Waals surface area contributed by atoms with E-state index in [1.54, 1.807) is 10.9 Å². The Balaban J connectivity index is 1.73. The van der Waals surface area contributed by atoms with Crippen LogP contribution in [0.2, 0.25) is 0 Å².